The van der Waals surface area contributed by atoms with Crippen molar-refractivity contribution in [2.24, 2.45) is 5.10 Å². The van der Waals surface area contributed by atoms with Crippen molar-refractivity contribution < 1.29 is 4.74 Å². The number of pyridine rings is 1. The zero-order valence-corrected chi connectivity index (χ0v) is 19.6. The minimum atomic E-state index is -0.413. The number of aromatic nitrogens is 1. The number of nitrogen functional groups attached to an aromatic ring is 1. The van der Waals surface area contributed by atoms with E-state index >= 15 is 0 Å². The Labute approximate surface area is 202 Å². The molecule has 1 aromatic heterocycles. The molecule has 3 aliphatic rings. The summed E-state index contributed by atoms with van der Waals surface area (Å²) in [5.41, 5.74) is 11.6. The number of benzene rings is 1. The SMILES string of the molecule is C[C@@H](Oc1ccc(N)c(C(=N)C2C=CC(N3CC4(CCN4)C3)=NN2)c1)c1c(Cl)cncc1Cl. The van der Waals surface area contributed by atoms with E-state index < -0.39 is 6.10 Å². The highest BCUT2D eigenvalue weighted by Gasteiger charge is 2.48. The van der Waals surface area contributed by atoms with Crippen LogP contribution in [-0.2, 0) is 0 Å². The van der Waals surface area contributed by atoms with Crippen LogP contribution in [0.25, 0.3) is 0 Å². The van der Waals surface area contributed by atoms with E-state index in [-0.39, 0.29) is 11.6 Å². The van der Waals surface area contributed by atoms with Crippen molar-refractivity contribution >= 4 is 40.4 Å². The molecule has 4 heterocycles. The maximum absolute atomic E-state index is 8.72. The minimum absolute atomic E-state index is 0.288. The summed E-state index contributed by atoms with van der Waals surface area (Å²) in [6.45, 7) is 4.89. The molecule has 2 aromatic rings. The number of amidine groups is 1. The maximum Gasteiger partial charge on any atom is 0.148 e. The molecule has 2 saturated heterocycles. The van der Waals surface area contributed by atoms with Crippen LogP contribution in [0, 0.1) is 5.41 Å². The number of rotatable bonds is 5. The number of nitrogens with one attached hydrogen (secondary N) is 3. The molecular weight excluding hydrogens is 461 g/mol. The van der Waals surface area contributed by atoms with Crippen LogP contribution in [0.1, 0.15) is 30.6 Å². The first-order valence-electron chi connectivity index (χ1n) is 10.8. The van der Waals surface area contributed by atoms with Crippen LogP contribution in [0.15, 0.2) is 47.8 Å². The fourth-order valence-electron chi connectivity index (χ4n) is 4.41. The van der Waals surface area contributed by atoms with Gasteiger partial charge in [0.2, 0.25) is 0 Å². The zero-order chi connectivity index (χ0) is 23.2. The van der Waals surface area contributed by atoms with Gasteiger partial charge in [-0.3, -0.25) is 10.4 Å². The first-order chi connectivity index (χ1) is 15.8. The van der Waals surface area contributed by atoms with Gasteiger partial charge in [0.1, 0.15) is 23.7 Å². The highest BCUT2D eigenvalue weighted by molar-refractivity contribution is 6.35. The third-order valence-corrected chi connectivity index (χ3v) is 7.01. The molecule has 172 valence electrons. The second-order valence-electron chi connectivity index (χ2n) is 8.69. The van der Waals surface area contributed by atoms with Crippen molar-refractivity contribution in [3.8, 4) is 5.75 Å². The van der Waals surface area contributed by atoms with E-state index in [1.807, 2.05) is 19.1 Å². The van der Waals surface area contributed by atoms with Gasteiger partial charge in [0.05, 0.1) is 21.3 Å². The molecule has 8 nitrogen and oxygen atoms in total. The smallest absolute Gasteiger partial charge is 0.148 e. The second-order valence-corrected chi connectivity index (χ2v) is 9.50. The van der Waals surface area contributed by atoms with Crippen molar-refractivity contribution in [1.29, 1.82) is 5.41 Å². The average molecular weight is 486 g/mol. The number of hydrazone groups is 1. The normalized spacial score (nSPS) is 21.5. The predicted octanol–water partition coefficient (Wildman–Crippen LogP) is 3.37. The van der Waals surface area contributed by atoms with Gasteiger partial charge in [-0.1, -0.05) is 29.3 Å². The van der Waals surface area contributed by atoms with E-state index in [1.165, 1.54) is 18.8 Å². The Bertz CT molecular complexity index is 1130. The lowest BCUT2D eigenvalue weighted by molar-refractivity contribution is 0.0441. The molecule has 2 atom stereocenters. The topological polar surface area (TPSA) is 112 Å². The van der Waals surface area contributed by atoms with Gasteiger partial charge in [-0.2, -0.15) is 5.10 Å². The fourth-order valence-corrected chi connectivity index (χ4v) is 5.08. The summed E-state index contributed by atoms with van der Waals surface area (Å²) >= 11 is 12.5. The van der Waals surface area contributed by atoms with Gasteiger partial charge in [0.25, 0.3) is 0 Å². The van der Waals surface area contributed by atoms with Gasteiger partial charge >= 0.3 is 0 Å². The van der Waals surface area contributed by atoms with E-state index in [1.54, 1.807) is 18.2 Å². The van der Waals surface area contributed by atoms with Crippen LogP contribution in [-0.4, -0.2) is 52.6 Å². The van der Waals surface area contributed by atoms with Gasteiger partial charge in [-0.25, -0.2) is 0 Å². The Morgan fingerprint density at radius 1 is 1.30 bits per heavy atom. The van der Waals surface area contributed by atoms with Crippen molar-refractivity contribution in [1.82, 2.24) is 20.6 Å². The van der Waals surface area contributed by atoms with Gasteiger partial charge in [-0.15, -0.1) is 0 Å². The third-order valence-electron chi connectivity index (χ3n) is 6.41. The standard InChI is InChI=1S/C23H25Cl2N7O/c1-13(21-16(24)9-28-10-17(21)25)33-14-2-3-18(26)15(8-14)22(27)19-4-5-20(31-30-19)32-11-23(12-32)6-7-29-23/h2-5,8-10,13,19,27,29-30H,6-7,11-12,26H2,1H3/t13-,19?/m1/s1. The molecule has 5 N–H and O–H groups in total. The van der Waals surface area contributed by atoms with Crippen LogP contribution < -0.4 is 21.2 Å². The highest BCUT2D eigenvalue weighted by atomic mass is 35.5. The number of nitrogens with two attached hydrogens (primary N) is 1. The Kier molecular flexibility index (Phi) is 5.68. The molecule has 0 amide bonds. The Hall–Kier alpha value is -2.81. The number of anilines is 1. The maximum atomic E-state index is 8.72. The summed E-state index contributed by atoms with van der Waals surface area (Å²) in [5, 5.41) is 17.6. The van der Waals surface area contributed by atoms with Crippen molar-refractivity contribution in [2.45, 2.75) is 31.0 Å². The Balaban J connectivity index is 1.26. The number of halogens is 2. The van der Waals surface area contributed by atoms with Crippen LogP contribution >= 0.6 is 23.2 Å². The van der Waals surface area contributed by atoms with Crippen molar-refractivity contribution in [2.75, 3.05) is 25.4 Å². The molecule has 0 radical (unpaired) electrons. The third kappa shape index (κ3) is 4.14. The largest absolute Gasteiger partial charge is 0.486 e. The molecule has 3 aliphatic heterocycles. The Morgan fingerprint density at radius 2 is 2.03 bits per heavy atom. The number of ether oxygens (including phenoxy) is 1. The second kappa shape index (κ2) is 8.52. The van der Waals surface area contributed by atoms with E-state index in [0.29, 0.717) is 38.3 Å². The van der Waals surface area contributed by atoms with Gasteiger partial charge in [0.15, 0.2) is 0 Å². The molecule has 5 rings (SSSR count). The van der Waals surface area contributed by atoms with E-state index in [9.17, 15) is 0 Å². The summed E-state index contributed by atoms with van der Waals surface area (Å²) in [7, 11) is 0. The number of likely N-dealkylation sites (tertiary alicyclic amines) is 1. The molecular formula is C23H25Cl2N7O. The molecule has 0 aliphatic carbocycles. The van der Waals surface area contributed by atoms with Crippen molar-refractivity contribution in [3.05, 3.63) is 63.9 Å². The first-order valence-corrected chi connectivity index (χ1v) is 11.6. The monoisotopic (exact) mass is 485 g/mol. The minimum Gasteiger partial charge on any atom is -0.486 e. The Morgan fingerprint density at radius 3 is 2.64 bits per heavy atom. The average Bonchev–Trinajstić information content (AvgIpc) is 2.73. The molecule has 1 unspecified atom stereocenters. The summed E-state index contributed by atoms with van der Waals surface area (Å²) in [6.07, 6.45) is 7.78. The lowest BCUT2D eigenvalue weighted by atomic mass is 9.80. The van der Waals surface area contributed by atoms with Gasteiger partial charge in [-0.05, 0) is 44.2 Å². The van der Waals surface area contributed by atoms with Crippen LogP contribution in [0.2, 0.25) is 10.0 Å². The van der Waals surface area contributed by atoms with Gasteiger partial charge < -0.3 is 26.1 Å². The predicted molar refractivity (Wildman–Crippen MR) is 131 cm³/mol. The summed E-state index contributed by atoms with van der Waals surface area (Å²) in [5.74, 6) is 1.45. The highest BCUT2D eigenvalue weighted by Crippen LogP contribution is 2.34. The van der Waals surface area contributed by atoms with Gasteiger partial charge in [0, 0.05) is 42.3 Å². The molecule has 0 saturated carbocycles. The molecule has 0 bridgehead atoms. The number of nitrogens with zero attached hydrogens (tertiary/aromatic N) is 3. The molecule has 10 heteroatoms. The molecule has 1 spiro atoms. The lowest BCUT2D eigenvalue weighted by Gasteiger charge is -2.57. The molecule has 2 fully saturated rings. The van der Waals surface area contributed by atoms with Crippen LogP contribution in [0.3, 0.4) is 0 Å². The summed E-state index contributed by atoms with van der Waals surface area (Å²) < 4.78 is 6.07. The number of hydrogen-bond acceptors (Lipinski definition) is 8. The molecule has 33 heavy (non-hydrogen) atoms. The first kappa shape index (κ1) is 22.0. The summed E-state index contributed by atoms with van der Waals surface area (Å²) in [4.78, 5) is 6.21. The fraction of sp³-hybridized carbons (Fsp3) is 0.348. The van der Waals surface area contributed by atoms with E-state index in [0.717, 1.165) is 25.5 Å². The van der Waals surface area contributed by atoms with Crippen molar-refractivity contribution in [3.63, 3.8) is 0 Å². The van der Waals surface area contributed by atoms with E-state index in [4.69, 9.17) is 39.1 Å². The van der Waals surface area contributed by atoms with Crippen LogP contribution in [0.5, 0.6) is 5.75 Å². The summed E-state index contributed by atoms with van der Waals surface area (Å²) in [6, 6.07) is 4.87. The molecule has 1 aromatic carbocycles. The number of hydrogen-bond donors (Lipinski definition) is 4. The van der Waals surface area contributed by atoms with Crippen LogP contribution in [0.4, 0.5) is 5.69 Å². The lowest BCUT2D eigenvalue weighted by Crippen LogP contribution is -2.76. The zero-order valence-electron chi connectivity index (χ0n) is 18.1. The van der Waals surface area contributed by atoms with E-state index in [2.05, 4.69) is 25.7 Å². The quantitative estimate of drug-likeness (QED) is 0.381.